The van der Waals surface area contributed by atoms with E-state index in [4.69, 9.17) is 0 Å². The van der Waals surface area contributed by atoms with Gasteiger partial charge in [-0.1, -0.05) is 13.3 Å². The van der Waals surface area contributed by atoms with E-state index in [1.165, 1.54) is 37.7 Å². The summed E-state index contributed by atoms with van der Waals surface area (Å²) in [5, 5.41) is 0. The summed E-state index contributed by atoms with van der Waals surface area (Å²) in [4.78, 5) is 23.0. The Labute approximate surface area is 145 Å². The van der Waals surface area contributed by atoms with Crippen molar-refractivity contribution in [2.75, 3.05) is 18.0 Å². The molecule has 1 spiro atoms. The summed E-state index contributed by atoms with van der Waals surface area (Å²) < 4.78 is 0. The number of Topliss-reactive ketones (excluding diaryl/α,β-unsaturated/α-hetero) is 1. The van der Waals surface area contributed by atoms with Crippen LogP contribution in [-0.4, -0.2) is 28.8 Å². The first-order chi connectivity index (χ1) is 11.6. The van der Waals surface area contributed by atoms with Crippen molar-refractivity contribution in [3.63, 3.8) is 0 Å². The smallest absolute Gasteiger partial charge is 0.225 e. The maximum atomic E-state index is 11.4. The predicted octanol–water partition coefficient (Wildman–Crippen LogP) is 3.97. The summed E-state index contributed by atoms with van der Waals surface area (Å²) in [6.45, 7) is 6.22. The Morgan fingerprint density at radius 2 is 1.79 bits per heavy atom. The van der Waals surface area contributed by atoms with Crippen LogP contribution < -0.4 is 4.90 Å². The van der Waals surface area contributed by atoms with Crippen LogP contribution in [0.15, 0.2) is 12.4 Å². The number of piperidine rings is 1. The van der Waals surface area contributed by atoms with Gasteiger partial charge in [0.05, 0.1) is 0 Å². The van der Waals surface area contributed by atoms with E-state index in [9.17, 15) is 4.79 Å². The second kappa shape index (κ2) is 6.12. The number of ketones is 1. The highest BCUT2D eigenvalue weighted by Gasteiger charge is 2.54. The third-order valence-corrected chi connectivity index (χ3v) is 6.90. The fraction of sp³-hybridized carbons (Fsp3) is 0.750. The standard InChI is InChI=1S/C20H29N3O/c1-3-15-4-6-23(7-5-15)19-21-12-18(13-22-19)17-10-20(11-17)8-16(9-20)14(2)24/h12-13,15-17H,3-11H2,1-2H3. The molecule has 2 saturated carbocycles. The molecule has 2 heterocycles. The molecular formula is C20H29N3O. The summed E-state index contributed by atoms with van der Waals surface area (Å²) in [7, 11) is 0. The zero-order chi connectivity index (χ0) is 16.7. The molecule has 1 aromatic rings. The van der Waals surface area contributed by atoms with Crippen LogP contribution in [0.3, 0.4) is 0 Å². The molecule has 0 N–H and O–H groups in total. The van der Waals surface area contributed by atoms with E-state index in [0.717, 1.165) is 37.8 Å². The molecule has 0 bridgehead atoms. The Hall–Kier alpha value is -1.45. The van der Waals surface area contributed by atoms with E-state index in [1.54, 1.807) is 6.92 Å². The van der Waals surface area contributed by atoms with E-state index in [-0.39, 0.29) is 0 Å². The van der Waals surface area contributed by atoms with Crippen LogP contribution in [0.4, 0.5) is 5.95 Å². The van der Waals surface area contributed by atoms with Crippen LogP contribution in [0.5, 0.6) is 0 Å². The van der Waals surface area contributed by atoms with Crippen molar-refractivity contribution in [2.24, 2.45) is 17.3 Å². The zero-order valence-electron chi connectivity index (χ0n) is 15.0. The Balaban J connectivity index is 1.31. The molecule has 0 aromatic carbocycles. The predicted molar refractivity (Wildman–Crippen MR) is 95.1 cm³/mol. The zero-order valence-corrected chi connectivity index (χ0v) is 15.0. The average Bonchev–Trinajstić information content (AvgIpc) is 2.53. The molecule has 130 valence electrons. The number of aromatic nitrogens is 2. The van der Waals surface area contributed by atoms with Crippen molar-refractivity contribution < 1.29 is 4.79 Å². The third kappa shape index (κ3) is 2.84. The normalized spacial score (nSPS) is 33.2. The number of carbonyl (C=O) groups is 1. The summed E-state index contributed by atoms with van der Waals surface area (Å²) >= 11 is 0. The number of nitrogens with zero attached hydrogens (tertiary/aromatic N) is 3. The monoisotopic (exact) mass is 327 g/mol. The van der Waals surface area contributed by atoms with E-state index in [2.05, 4.69) is 21.8 Å². The van der Waals surface area contributed by atoms with Gasteiger partial charge in [0.15, 0.2) is 0 Å². The van der Waals surface area contributed by atoms with E-state index in [1.807, 2.05) is 12.4 Å². The lowest BCUT2D eigenvalue weighted by molar-refractivity contribution is -0.133. The van der Waals surface area contributed by atoms with Gasteiger partial charge in [-0.05, 0) is 68.3 Å². The maximum Gasteiger partial charge on any atom is 0.225 e. The summed E-state index contributed by atoms with van der Waals surface area (Å²) in [6.07, 6.45) is 12.6. The number of carbonyl (C=O) groups excluding carboxylic acids is 1. The first kappa shape index (κ1) is 16.0. The summed E-state index contributed by atoms with van der Waals surface area (Å²) in [5.41, 5.74) is 1.76. The van der Waals surface area contributed by atoms with Crippen LogP contribution in [0, 0.1) is 17.3 Å². The third-order valence-electron chi connectivity index (χ3n) is 6.90. The minimum Gasteiger partial charge on any atom is -0.341 e. The first-order valence-electron chi connectivity index (χ1n) is 9.66. The molecule has 4 nitrogen and oxygen atoms in total. The number of rotatable bonds is 4. The Bertz CT molecular complexity index is 590. The van der Waals surface area contributed by atoms with E-state index in [0.29, 0.717) is 23.0 Å². The minimum atomic E-state index is 0.343. The Morgan fingerprint density at radius 3 is 2.33 bits per heavy atom. The van der Waals surface area contributed by atoms with E-state index < -0.39 is 0 Å². The number of anilines is 1. The van der Waals surface area contributed by atoms with Crippen molar-refractivity contribution in [1.82, 2.24) is 9.97 Å². The summed E-state index contributed by atoms with van der Waals surface area (Å²) in [6, 6.07) is 0. The molecule has 0 amide bonds. The van der Waals surface area contributed by atoms with Crippen LogP contribution in [0.1, 0.15) is 70.3 Å². The lowest BCUT2D eigenvalue weighted by Gasteiger charge is -2.57. The molecule has 4 heteroatoms. The largest absolute Gasteiger partial charge is 0.341 e. The Kier molecular flexibility index (Phi) is 4.09. The molecule has 1 aliphatic heterocycles. The molecule has 1 aromatic heterocycles. The van der Waals surface area contributed by atoms with Gasteiger partial charge in [0, 0.05) is 31.4 Å². The van der Waals surface area contributed by atoms with Gasteiger partial charge in [-0.25, -0.2) is 9.97 Å². The summed E-state index contributed by atoms with van der Waals surface area (Å²) in [5.74, 6) is 3.12. The highest BCUT2D eigenvalue weighted by Crippen LogP contribution is 2.64. The van der Waals surface area contributed by atoms with Crippen LogP contribution in [0.2, 0.25) is 0 Å². The number of hydrogen-bond donors (Lipinski definition) is 0. The quantitative estimate of drug-likeness (QED) is 0.839. The average molecular weight is 327 g/mol. The van der Waals surface area contributed by atoms with Gasteiger partial charge < -0.3 is 4.90 Å². The molecule has 24 heavy (non-hydrogen) atoms. The second-order valence-electron chi connectivity index (χ2n) is 8.48. The lowest BCUT2D eigenvalue weighted by atomic mass is 9.47. The molecular weight excluding hydrogens is 298 g/mol. The molecule has 0 atom stereocenters. The van der Waals surface area contributed by atoms with Crippen molar-refractivity contribution in [1.29, 1.82) is 0 Å². The van der Waals surface area contributed by atoms with Gasteiger partial charge in [-0.3, -0.25) is 4.79 Å². The molecule has 1 saturated heterocycles. The van der Waals surface area contributed by atoms with Gasteiger partial charge >= 0.3 is 0 Å². The van der Waals surface area contributed by atoms with Crippen molar-refractivity contribution >= 4 is 11.7 Å². The SMILES string of the molecule is CCC1CCN(c2ncc(C3CC4(CC(C(C)=O)C4)C3)cn2)CC1. The topological polar surface area (TPSA) is 46.1 Å². The van der Waals surface area contributed by atoms with Crippen molar-refractivity contribution in [3.05, 3.63) is 18.0 Å². The van der Waals surface area contributed by atoms with Gasteiger partial charge in [0.25, 0.3) is 0 Å². The molecule has 4 rings (SSSR count). The van der Waals surface area contributed by atoms with Gasteiger partial charge in [-0.15, -0.1) is 0 Å². The van der Waals surface area contributed by atoms with Crippen LogP contribution in [-0.2, 0) is 4.79 Å². The molecule has 0 unspecified atom stereocenters. The fourth-order valence-corrected chi connectivity index (χ4v) is 5.07. The van der Waals surface area contributed by atoms with Crippen molar-refractivity contribution in [2.45, 2.75) is 64.7 Å². The first-order valence-corrected chi connectivity index (χ1v) is 9.66. The minimum absolute atomic E-state index is 0.343. The molecule has 3 fully saturated rings. The fourth-order valence-electron chi connectivity index (χ4n) is 5.07. The molecule has 0 radical (unpaired) electrons. The van der Waals surface area contributed by atoms with Gasteiger partial charge in [0.1, 0.15) is 5.78 Å². The second-order valence-corrected chi connectivity index (χ2v) is 8.48. The molecule has 3 aliphatic rings. The van der Waals surface area contributed by atoms with Gasteiger partial charge in [0.2, 0.25) is 5.95 Å². The van der Waals surface area contributed by atoms with Crippen LogP contribution in [0.25, 0.3) is 0 Å². The highest BCUT2D eigenvalue weighted by molar-refractivity contribution is 5.79. The Morgan fingerprint density at radius 1 is 1.17 bits per heavy atom. The lowest BCUT2D eigenvalue weighted by Crippen LogP contribution is -2.48. The van der Waals surface area contributed by atoms with E-state index >= 15 is 0 Å². The highest BCUT2D eigenvalue weighted by atomic mass is 16.1. The van der Waals surface area contributed by atoms with Crippen molar-refractivity contribution in [3.8, 4) is 0 Å². The van der Waals surface area contributed by atoms with Gasteiger partial charge in [-0.2, -0.15) is 0 Å². The maximum absolute atomic E-state index is 11.4. The number of hydrogen-bond acceptors (Lipinski definition) is 4. The van der Waals surface area contributed by atoms with Crippen LogP contribution >= 0.6 is 0 Å². The molecule has 2 aliphatic carbocycles.